The number of rotatable bonds is 15. The van der Waals surface area contributed by atoms with Gasteiger partial charge >= 0.3 is 0 Å². The van der Waals surface area contributed by atoms with Gasteiger partial charge in [-0.05, 0) is 50.9 Å². The van der Waals surface area contributed by atoms with Gasteiger partial charge < -0.3 is 4.79 Å². The SMILES string of the molecule is CC(=O)CCC=C(C)CCCC(C)CCCC(C)CCCC(C)C. The lowest BCUT2D eigenvalue weighted by Crippen LogP contribution is -2.00. The van der Waals surface area contributed by atoms with Gasteiger partial charge in [-0.25, -0.2) is 0 Å². The summed E-state index contributed by atoms with van der Waals surface area (Å²) in [4.78, 5) is 10.9. The minimum Gasteiger partial charge on any atom is -0.300 e. The van der Waals surface area contributed by atoms with Crippen LogP contribution < -0.4 is 0 Å². The molecule has 0 bridgehead atoms. The van der Waals surface area contributed by atoms with Crippen LogP contribution in [-0.2, 0) is 4.79 Å². The summed E-state index contributed by atoms with van der Waals surface area (Å²) in [6.45, 7) is 13.4. The second-order valence-corrected chi connectivity index (χ2v) is 8.65. The molecular weight excluding hydrogens is 292 g/mol. The summed E-state index contributed by atoms with van der Waals surface area (Å²) in [5.41, 5.74) is 1.46. The van der Waals surface area contributed by atoms with Crippen molar-refractivity contribution in [3.63, 3.8) is 0 Å². The van der Waals surface area contributed by atoms with Crippen LogP contribution in [0.3, 0.4) is 0 Å². The molecule has 0 spiro atoms. The normalized spacial score (nSPS) is 14.9. The summed E-state index contributed by atoms with van der Waals surface area (Å²) in [7, 11) is 0. The lowest BCUT2D eigenvalue weighted by molar-refractivity contribution is -0.116. The van der Waals surface area contributed by atoms with Gasteiger partial charge in [0.05, 0.1) is 0 Å². The highest BCUT2D eigenvalue weighted by molar-refractivity contribution is 5.75. The van der Waals surface area contributed by atoms with Gasteiger partial charge in [-0.15, -0.1) is 0 Å². The molecule has 1 heteroatoms. The first-order valence-electron chi connectivity index (χ1n) is 10.5. The molecule has 24 heavy (non-hydrogen) atoms. The zero-order valence-corrected chi connectivity index (χ0v) is 17.5. The Bertz CT molecular complexity index is 340. The molecule has 0 heterocycles. The van der Waals surface area contributed by atoms with E-state index in [2.05, 4.69) is 40.7 Å². The van der Waals surface area contributed by atoms with Crippen molar-refractivity contribution >= 4 is 5.78 Å². The Morgan fingerprint density at radius 2 is 1.25 bits per heavy atom. The average Bonchev–Trinajstić information content (AvgIpc) is 2.46. The third kappa shape index (κ3) is 16.3. The van der Waals surface area contributed by atoms with Gasteiger partial charge in [0, 0.05) is 6.42 Å². The van der Waals surface area contributed by atoms with E-state index in [1.165, 1.54) is 63.4 Å². The van der Waals surface area contributed by atoms with Crippen molar-refractivity contribution in [1.29, 1.82) is 0 Å². The predicted octanol–water partition coefficient (Wildman–Crippen LogP) is 7.74. The van der Waals surface area contributed by atoms with E-state index in [1.54, 1.807) is 6.92 Å². The molecule has 0 saturated heterocycles. The van der Waals surface area contributed by atoms with Crippen LogP contribution in [0.15, 0.2) is 11.6 Å². The predicted molar refractivity (Wildman–Crippen MR) is 108 cm³/mol. The van der Waals surface area contributed by atoms with Crippen molar-refractivity contribution in [2.24, 2.45) is 17.8 Å². The summed E-state index contributed by atoms with van der Waals surface area (Å²) in [5.74, 6) is 2.92. The van der Waals surface area contributed by atoms with Crippen molar-refractivity contribution < 1.29 is 4.79 Å². The van der Waals surface area contributed by atoms with E-state index >= 15 is 0 Å². The largest absolute Gasteiger partial charge is 0.300 e. The molecule has 2 atom stereocenters. The van der Waals surface area contributed by atoms with Crippen LogP contribution >= 0.6 is 0 Å². The van der Waals surface area contributed by atoms with Gasteiger partial charge in [0.2, 0.25) is 0 Å². The highest BCUT2D eigenvalue weighted by atomic mass is 16.1. The van der Waals surface area contributed by atoms with Gasteiger partial charge in [0.1, 0.15) is 5.78 Å². The Morgan fingerprint density at radius 1 is 0.750 bits per heavy atom. The smallest absolute Gasteiger partial charge is 0.130 e. The van der Waals surface area contributed by atoms with Crippen LogP contribution in [0, 0.1) is 17.8 Å². The Morgan fingerprint density at radius 3 is 1.75 bits per heavy atom. The number of hydrogen-bond donors (Lipinski definition) is 0. The van der Waals surface area contributed by atoms with Crippen molar-refractivity contribution in [2.75, 3.05) is 0 Å². The fourth-order valence-electron chi connectivity index (χ4n) is 3.33. The molecule has 0 aromatic heterocycles. The van der Waals surface area contributed by atoms with E-state index in [-0.39, 0.29) is 0 Å². The molecular formula is C23H44O. The molecule has 0 saturated carbocycles. The first-order valence-corrected chi connectivity index (χ1v) is 10.5. The van der Waals surface area contributed by atoms with Gasteiger partial charge in [-0.2, -0.15) is 0 Å². The van der Waals surface area contributed by atoms with Gasteiger partial charge in [0.15, 0.2) is 0 Å². The van der Waals surface area contributed by atoms with E-state index < -0.39 is 0 Å². The first-order chi connectivity index (χ1) is 11.3. The number of hydrogen-bond acceptors (Lipinski definition) is 1. The van der Waals surface area contributed by atoms with E-state index in [0.29, 0.717) is 12.2 Å². The van der Waals surface area contributed by atoms with Crippen molar-refractivity contribution in [1.82, 2.24) is 0 Å². The maximum atomic E-state index is 10.9. The van der Waals surface area contributed by atoms with Gasteiger partial charge in [-0.3, -0.25) is 0 Å². The van der Waals surface area contributed by atoms with E-state index in [1.807, 2.05) is 0 Å². The van der Waals surface area contributed by atoms with Crippen LogP contribution in [0.25, 0.3) is 0 Å². The summed E-state index contributed by atoms with van der Waals surface area (Å²) in [5, 5.41) is 0. The highest BCUT2D eigenvalue weighted by Gasteiger charge is 2.06. The highest BCUT2D eigenvalue weighted by Crippen LogP contribution is 2.22. The maximum absolute atomic E-state index is 10.9. The topological polar surface area (TPSA) is 17.1 Å². The van der Waals surface area contributed by atoms with Crippen molar-refractivity contribution in [3.05, 3.63) is 11.6 Å². The Kier molecular flexibility index (Phi) is 14.4. The average molecular weight is 337 g/mol. The third-order valence-corrected chi connectivity index (χ3v) is 5.13. The Labute approximate surface area is 152 Å². The molecule has 0 aromatic carbocycles. The fraction of sp³-hybridized carbons (Fsp3) is 0.870. The van der Waals surface area contributed by atoms with Crippen molar-refractivity contribution in [2.45, 2.75) is 112 Å². The molecule has 0 aliphatic heterocycles. The number of ketones is 1. The minimum absolute atomic E-state index is 0.297. The lowest BCUT2D eigenvalue weighted by atomic mass is 9.91. The van der Waals surface area contributed by atoms with Crippen LogP contribution in [-0.4, -0.2) is 5.78 Å². The molecule has 0 amide bonds. The summed E-state index contributed by atoms with van der Waals surface area (Å²) < 4.78 is 0. The quantitative estimate of drug-likeness (QED) is 0.279. The molecule has 0 aromatic rings. The summed E-state index contributed by atoms with van der Waals surface area (Å²) in [6.07, 6.45) is 16.1. The second-order valence-electron chi connectivity index (χ2n) is 8.65. The van der Waals surface area contributed by atoms with Crippen molar-refractivity contribution in [3.8, 4) is 0 Å². The monoisotopic (exact) mass is 336 g/mol. The molecule has 2 unspecified atom stereocenters. The Hall–Kier alpha value is -0.590. The molecule has 0 aliphatic rings. The third-order valence-electron chi connectivity index (χ3n) is 5.13. The standard InChI is InChI=1S/C23H44O/c1-19(2)11-7-12-20(3)13-8-14-21(4)15-9-16-22(5)17-10-18-23(6)24/h17,19-21H,7-16,18H2,1-6H3. The molecule has 0 aliphatic carbocycles. The molecule has 1 nitrogen and oxygen atoms in total. The van der Waals surface area contributed by atoms with E-state index in [0.717, 1.165) is 24.2 Å². The van der Waals surface area contributed by atoms with Crippen LogP contribution in [0.5, 0.6) is 0 Å². The number of carbonyl (C=O) groups is 1. The minimum atomic E-state index is 0.297. The molecule has 0 radical (unpaired) electrons. The van der Waals surface area contributed by atoms with Crippen LogP contribution in [0.1, 0.15) is 112 Å². The van der Waals surface area contributed by atoms with Gasteiger partial charge in [-0.1, -0.05) is 84.3 Å². The van der Waals surface area contributed by atoms with Crippen LogP contribution in [0.2, 0.25) is 0 Å². The first kappa shape index (κ1) is 23.4. The van der Waals surface area contributed by atoms with E-state index in [4.69, 9.17) is 0 Å². The number of carbonyl (C=O) groups excluding carboxylic acids is 1. The fourth-order valence-corrected chi connectivity index (χ4v) is 3.33. The number of Topliss-reactive ketones (excluding diaryl/α,β-unsaturated/α-hetero) is 1. The lowest BCUT2D eigenvalue weighted by Gasteiger charge is -2.15. The molecule has 142 valence electrons. The summed E-state index contributed by atoms with van der Waals surface area (Å²) >= 11 is 0. The zero-order valence-electron chi connectivity index (χ0n) is 17.5. The maximum Gasteiger partial charge on any atom is 0.130 e. The molecule has 0 rings (SSSR count). The molecule has 0 N–H and O–H groups in total. The second kappa shape index (κ2) is 14.7. The summed E-state index contributed by atoms with van der Waals surface area (Å²) in [6, 6.07) is 0. The molecule has 0 fully saturated rings. The van der Waals surface area contributed by atoms with Crippen LogP contribution in [0.4, 0.5) is 0 Å². The Balaban J connectivity index is 3.61. The van der Waals surface area contributed by atoms with E-state index in [9.17, 15) is 4.79 Å². The zero-order chi connectivity index (χ0) is 18.4. The van der Waals surface area contributed by atoms with Gasteiger partial charge in [0.25, 0.3) is 0 Å². The number of allylic oxidation sites excluding steroid dienone is 2.